The lowest BCUT2D eigenvalue weighted by atomic mass is 10.2. The maximum absolute atomic E-state index is 11.7. The third-order valence-corrected chi connectivity index (χ3v) is 2.65. The predicted molar refractivity (Wildman–Crippen MR) is 76.3 cm³/mol. The molecular formula is C14H21N3O2. The Morgan fingerprint density at radius 1 is 1.42 bits per heavy atom. The van der Waals surface area contributed by atoms with Gasteiger partial charge in [-0.3, -0.25) is 0 Å². The highest BCUT2D eigenvalue weighted by atomic mass is 16.5. The van der Waals surface area contributed by atoms with Crippen LogP contribution in [0.4, 0.5) is 0 Å². The van der Waals surface area contributed by atoms with E-state index in [1.807, 2.05) is 37.6 Å². The summed E-state index contributed by atoms with van der Waals surface area (Å²) in [5.41, 5.74) is 2.19. The molecular weight excluding hydrogens is 242 g/mol. The van der Waals surface area contributed by atoms with Crippen LogP contribution in [0.1, 0.15) is 24.2 Å². The predicted octanol–water partition coefficient (Wildman–Crippen LogP) is 2.07. The van der Waals surface area contributed by atoms with Crippen LogP contribution in [0.5, 0.6) is 0 Å². The standard InChI is InChI=1S/C12H15N3O2.C2H6/c1-13-6-7-15-8-14-10-5-3-4-9(11(10)15)12(16)17-2;1-2/h3-5,8,13H,6-7H2,1-2H3;1-2H3. The van der Waals surface area contributed by atoms with E-state index in [0.29, 0.717) is 5.56 Å². The van der Waals surface area contributed by atoms with E-state index in [1.165, 1.54) is 7.11 Å². The second kappa shape index (κ2) is 7.53. The van der Waals surface area contributed by atoms with Crippen molar-refractivity contribution < 1.29 is 9.53 Å². The number of aromatic nitrogens is 2. The zero-order valence-electron chi connectivity index (χ0n) is 11.9. The molecule has 1 N–H and O–H groups in total. The minimum Gasteiger partial charge on any atom is -0.465 e. The molecule has 5 heteroatoms. The van der Waals surface area contributed by atoms with Crippen molar-refractivity contribution in [2.24, 2.45) is 0 Å². The first-order valence-electron chi connectivity index (χ1n) is 6.44. The smallest absolute Gasteiger partial charge is 0.340 e. The molecule has 0 saturated heterocycles. The molecule has 19 heavy (non-hydrogen) atoms. The third kappa shape index (κ3) is 3.32. The van der Waals surface area contributed by atoms with Crippen molar-refractivity contribution >= 4 is 17.0 Å². The number of para-hydroxylation sites is 1. The van der Waals surface area contributed by atoms with Gasteiger partial charge in [-0.2, -0.15) is 0 Å². The lowest BCUT2D eigenvalue weighted by Crippen LogP contribution is -2.15. The molecule has 0 saturated carbocycles. The van der Waals surface area contributed by atoms with E-state index >= 15 is 0 Å². The van der Waals surface area contributed by atoms with E-state index in [-0.39, 0.29) is 5.97 Å². The normalized spacial score (nSPS) is 9.89. The van der Waals surface area contributed by atoms with Crippen molar-refractivity contribution in [2.45, 2.75) is 20.4 Å². The minimum absolute atomic E-state index is 0.332. The van der Waals surface area contributed by atoms with Gasteiger partial charge in [0.05, 0.1) is 30.0 Å². The highest BCUT2D eigenvalue weighted by Gasteiger charge is 2.14. The first kappa shape index (κ1) is 15.2. The monoisotopic (exact) mass is 263 g/mol. The number of carbonyl (C=O) groups excluding carboxylic acids is 1. The van der Waals surface area contributed by atoms with Crippen molar-refractivity contribution in [3.8, 4) is 0 Å². The first-order valence-corrected chi connectivity index (χ1v) is 6.44. The van der Waals surface area contributed by atoms with Crippen LogP contribution in [-0.4, -0.2) is 36.2 Å². The lowest BCUT2D eigenvalue weighted by Gasteiger charge is -2.07. The number of hydrogen-bond donors (Lipinski definition) is 1. The minimum atomic E-state index is -0.332. The SMILES string of the molecule is CC.CNCCn1cnc2cccc(C(=O)OC)c21. The third-order valence-electron chi connectivity index (χ3n) is 2.65. The second-order valence-electron chi connectivity index (χ2n) is 3.71. The Labute approximate surface area is 113 Å². The van der Waals surface area contributed by atoms with Crippen LogP contribution >= 0.6 is 0 Å². The molecule has 0 aliphatic rings. The zero-order valence-corrected chi connectivity index (χ0v) is 11.9. The van der Waals surface area contributed by atoms with Crippen LogP contribution in [0, 0.1) is 0 Å². The second-order valence-corrected chi connectivity index (χ2v) is 3.71. The summed E-state index contributed by atoms with van der Waals surface area (Å²) in [6.07, 6.45) is 1.74. The highest BCUT2D eigenvalue weighted by molar-refractivity contribution is 6.02. The van der Waals surface area contributed by atoms with Gasteiger partial charge in [-0.25, -0.2) is 9.78 Å². The molecule has 0 atom stereocenters. The number of ether oxygens (including phenoxy) is 1. The molecule has 2 rings (SSSR count). The number of esters is 1. The summed E-state index contributed by atoms with van der Waals surface area (Å²) in [5, 5.41) is 3.07. The van der Waals surface area contributed by atoms with Crippen LogP contribution in [0.3, 0.4) is 0 Å². The van der Waals surface area contributed by atoms with Crippen LogP contribution in [0.25, 0.3) is 11.0 Å². The Bertz CT molecular complexity index is 534. The van der Waals surface area contributed by atoms with Crippen molar-refractivity contribution in [1.82, 2.24) is 14.9 Å². The van der Waals surface area contributed by atoms with E-state index in [2.05, 4.69) is 10.3 Å². The van der Waals surface area contributed by atoms with Gasteiger partial charge in [0.15, 0.2) is 0 Å². The van der Waals surface area contributed by atoms with Gasteiger partial charge in [-0.15, -0.1) is 0 Å². The van der Waals surface area contributed by atoms with Crippen molar-refractivity contribution in [1.29, 1.82) is 0 Å². The molecule has 0 spiro atoms. The molecule has 1 aromatic heterocycles. The van der Waals surface area contributed by atoms with Crippen LogP contribution in [0.2, 0.25) is 0 Å². The van der Waals surface area contributed by atoms with E-state index in [4.69, 9.17) is 4.74 Å². The highest BCUT2D eigenvalue weighted by Crippen LogP contribution is 2.18. The number of likely N-dealkylation sites (N-methyl/N-ethyl adjacent to an activating group) is 1. The van der Waals surface area contributed by atoms with Crippen molar-refractivity contribution in [3.05, 3.63) is 30.1 Å². The maximum atomic E-state index is 11.7. The molecule has 5 nitrogen and oxygen atoms in total. The number of carbonyl (C=O) groups is 1. The fraction of sp³-hybridized carbons (Fsp3) is 0.429. The number of methoxy groups -OCH3 is 1. The quantitative estimate of drug-likeness (QED) is 0.858. The Hall–Kier alpha value is -1.88. The first-order chi connectivity index (χ1) is 9.27. The number of imidazole rings is 1. The molecule has 1 aromatic carbocycles. The number of fused-ring (bicyclic) bond motifs is 1. The van der Waals surface area contributed by atoms with Gasteiger partial charge < -0.3 is 14.6 Å². The number of nitrogens with one attached hydrogen (secondary N) is 1. The Kier molecular flexibility index (Phi) is 6.02. The summed E-state index contributed by atoms with van der Waals surface area (Å²) in [6.45, 7) is 5.59. The molecule has 0 fully saturated rings. The molecule has 0 aliphatic heterocycles. The number of nitrogens with zero attached hydrogens (tertiary/aromatic N) is 2. The molecule has 2 aromatic rings. The summed E-state index contributed by atoms with van der Waals surface area (Å²) >= 11 is 0. The van der Waals surface area contributed by atoms with Crippen LogP contribution in [-0.2, 0) is 11.3 Å². The Morgan fingerprint density at radius 2 is 2.16 bits per heavy atom. The fourth-order valence-electron chi connectivity index (χ4n) is 1.80. The molecule has 0 bridgehead atoms. The molecule has 0 unspecified atom stereocenters. The Balaban J connectivity index is 0.000000861. The van der Waals surface area contributed by atoms with E-state index in [0.717, 1.165) is 24.1 Å². The number of hydrogen-bond acceptors (Lipinski definition) is 4. The van der Waals surface area contributed by atoms with Crippen molar-refractivity contribution in [3.63, 3.8) is 0 Å². The lowest BCUT2D eigenvalue weighted by molar-refractivity contribution is 0.0602. The van der Waals surface area contributed by atoms with Crippen LogP contribution in [0.15, 0.2) is 24.5 Å². The molecule has 0 radical (unpaired) electrons. The molecule has 104 valence electrons. The summed E-state index contributed by atoms with van der Waals surface area (Å²) < 4.78 is 6.73. The van der Waals surface area contributed by atoms with Gasteiger partial charge in [-0.1, -0.05) is 19.9 Å². The molecule has 0 amide bonds. The van der Waals surface area contributed by atoms with Gasteiger partial charge in [0.1, 0.15) is 0 Å². The average Bonchev–Trinajstić information content (AvgIpc) is 2.89. The summed E-state index contributed by atoms with van der Waals surface area (Å²) in [7, 11) is 3.27. The van der Waals surface area contributed by atoms with Gasteiger partial charge in [0, 0.05) is 13.1 Å². The largest absolute Gasteiger partial charge is 0.465 e. The van der Waals surface area contributed by atoms with E-state index in [9.17, 15) is 4.79 Å². The average molecular weight is 263 g/mol. The fourth-order valence-corrected chi connectivity index (χ4v) is 1.80. The molecule has 0 aliphatic carbocycles. The number of rotatable bonds is 4. The van der Waals surface area contributed by atoms with Gasteiger partial charge in [-0.05, 0) is 19.2 Å². The Morgan fingerprint density at radius 3 is 2.79 bits per heavy atom. The summed E-state index contributed by atoms with van der Waals surface area (Å²) in [4.78, 5) is 15.9. The number of benzene rings is 1. The molecule has 1 heterocycles. The van der Waals surface area contributed by atoms with Gasteiger partial charge in [0.25, 0.3) is 0 Å². The van der Waals surface area contributed by atoms with Gasteiger partial charge in [0.2, 0.25) is 0 Å². The van der Waals surface area contributed by atoms with E-state index < -0.39 is 0 Å². The van der Waals surface area contributed by atoms with Crippen LogP contribution < -0.4 is 5.32 Å². The zero-order chi connectivity index (χ0) is 14.3. The van der Waals surface area contributed by atoms with E-state index in [1.54, 1.807) is 12.4 Å². The summed E-state index contributed by atoms with van der Waals surface area (Å²) in [6, 6.07) is 5.45. The maximum Gasteiger partial charge on any atom is 0.340 e. The van der Waals surface area contributed by atoms with Crippen molar-refractivity contribution in [2.75, 3.05) is 20.7 Å². The topological polar surface area (TPSA) is 56.2 Å². The van der Waals surface area contributed by atoms with Gasteiger partial charge >= 0.3 is 5.97 Å². The summed E-state index contributed by atoms with van der Waals surface area (Å²) in [5.74, 6) is -0.332.